The van der Waals surface area contributed by atoms with E-state index in [-0.39, 0.29) is 12.5 Å². The Hall–Kier alpha value is -2.34. The van der Waals surface area contributed by atoms with Crippen molar-refractivity contribution >= 4 is 17.9 Å². The summed E-state index contributed by atoms with van der Waals surface area (Å²) >= 11 is 0. The highest BCUT2D eigenvalue weighted by atomic mass is 16.7. The molecular weight excluding hydrogens is 260 g/mol. The molecule has 6 heteroatoms. The first-order chi connectivity index (χ1) is 9.65. The van der Waals surface area contributed by atoms with Gasteiger partial charge in [-0.3, -0.25) is 14.4 Å². The minimum absolute atomic E-state index is 0.223. The molecule has 2 amide bonds. The van der Waals surface area contributed by atoms with Gasteiger partial charge in [0.1, 0.15) is 5.75 Å². The van der Waals surface area contributed by atoms with Crippen LogP contribution in [0.3, 0.4) is 0 Å². The van der Waals surface area contributed by atoms with E-state index in [1.807, 2.05) is 31.2 Å². The van der Waals surface area contributed by atoms with E-state index in [1.165, 1.54) is 13.1 Å². The van der Waals surface area contributed by atoms with Crippen LogP contribution in [0.15, 0.2) is 30.3 Å². The van der Waals surface area contributed by atoms with Gasteiger partial charge < -0.3 is 10.1 Å². The number of amides is 2. The molecule has 0 heterocycles. The Balaban J connectivity index is 2.38. The Bertz CT molecular complexity index is 469. The second-order valence-corrected chi connectivity index (χ2v) is 3.76. The Morgan fingerprint density at radius 2 is 1.95 bits per heavy atom. The quantitative estimate of drug-likeness (QED) is 0.573. The maximum atomic E-state index is 11.4. The van der Waals surface area contributed by atoms with E-state index < -0.39 is 5.91 Å². The van der Waals surface area contributed by atoms with Crippen LogP contribution in [0.1, 0.15) is 12.5 Å². The third-order valence-corrected chi connectivity index (χ3v) is 2.27. The zero-order chi connectivity index (χ0) is 14.8. The van der Waals surface area contributed by atoms with E-state index in [0.717, 1.165) is 11.3 Å². The highest BCUT2D eigenvalue weighted by molar-refractivity contribution is 5.91. The molecule has 0 radical (unpaired) electrons. The number of benzene rings is 1. The fraction of sp³-hybridized carbons (Fsp3) is 0.286. The normalized spacial score (nSPS) is 10.3. The first kappa shape index (κ1) is 15.7. The van der Waals surface area contributed by atoms with Crippen LogP contribution in [0, 0.1) is 0 Å². The molecule has 108 valence electrons. The van der Waals surface area contributed by atoms with E-state index in [1.54, 1.807) is 6.08 Å². The molecule has 0 aliphatic heterocycles. The number of nitrogens with one attached hydrogen (secondary N) is 2. The highest BCUT2D eigenvalue weighted by Gasteiger charge is 1.99. The number of likely N-dealkylation sites (N-methyl/N-ethyl adjacent to an activating group) is 1. The smallest absolute Gasteiger partial charge is 0.267 e. The summed E-state index contributed by atoms with van der Waals surface area (Å²) in [5.41, 5.74) is 2.99. The lowest BCUT2D eigenvalue weighted by molar-refractivity contribution is -0.135. The first-order valence-electron chi connectivity index (χ1n) is 6.19. The Kier molecular flexibility index (Phi) is 6.84. The molecule has 0 aliphatic carbocycles. The lowest BCUT2D eigenvalue weighted by Gasteiger charge is -2.03. The molecular formula is C14H18N2O4. The van der Waals surface area contributed by atoms with Gasteiger partial charge in [-0.05, 0) is 30.7 Å². The predicted octanol–water partition coefficient (Wildman–Crippen LogP) is 0.892. The number of carbonyl (C=O) groups excluding carboxylic acids is 2. The number of carbonyl (C=O) groups is 2. The van der Waals surface area contributed by atoms with Gasteiger partial charge in [0, 0.05) is 13.1 Å². The minimum atomic E-state index is -0.442. The zero-order valence-electron chi connectivity index (χ0n) is 11.5. The van der Waals surface area contributed by atoms with Crippen molar-refractivity contribution in [3.63, 3.8) is 0 Å². The van der Waals surface area contributed by atoms with Crippen molar-refractivity contribution in [3.05, 3.63) is 35.9 Å². The van der Waals surface area contributed by atoms with Crippen molar-refractivity contribution in [1.29, 1.82) is 0 Å². The average Bonchev–Trinajstić information content (AvgIpc) is 2.46. The molecule has 0 saturated heterocycles. The molecule has 6 nitrogen and oxygen atoms in total. The van der Waals surface area contributed by atoms with Crippen LogP contribution < -0.4 is 15.5 Å². The summed E-state index contributed by atoms with van der Waals surface area (Å²) in [6.07, 6.45) is 2.95. The van der Waals surface area contributed by atoms with Crippen LogP contribution in [0.2, 0.25) is 0 Å². The molecule has 1 aromatic carbocycles. The number of rotatable bonds is 7. The van der Waals surface area contributed by atoms with Crippen LogP contribution in [0.5, 0.6) is 5.75 Å². The molecule has 0 atom stereocenters. The maximum absolute atomic E-state index is 11.4. The molecule has 0 fully saturated rings. The molecule has 0 unspecified atom stereocenters. The van der Waals surface area contributed by atoms with Gasteiger partial charge in [0.2, 0.25) is 5.91 Å². The van der Waals surface area contributed by atoms with Gasteiger partial charge in [0.15, 0.2) is 6.61 Å². The van der Waals surface area contributed by atoms with Crippen molar-refractivity contribution < 1.29 is 19.2 Å². The summed E-state index contributed by atoms with van der Waals surface area (Å²) in [6.45, 7) is 2.30. The lowest BCUT2D eigenvalue weighted by Crippen LogP contribution is -2.30. The standard InChI is InChI=1S/C14H18N2O4/c1-3-19-12-7-4-11(5-8-12)6-9-13(17)16-20-10-14(18)15-2/h4-9H,3,10H2,1-2H3,(H,15,18)(H,16,17)/b9-6+. The number of hydrogen-bond donors (Lipinski definition) is 2. The SMILES string of the molecule is CCOc1ccc(/C=C/C(=O)NOCC(=O)NC)cc1. The van der Waals surface area contributed by atoms with Gasteiger partial charge in [0.05, 0.1) is 6.61 Å². The lowest BCUT2D eigenvalue weighted by atomic mass is 10.2. The van der Waals surface area contributed by atoms with Crippen molar-refractivity contribution in [2.24, 2.45) is 0 Å². The Morgan fingerprint density at radius 1 is 1.25 bits per heavy atom. The largest absolute Gasteiger partial charge is 0.494 e. The van der Waals surface area contributed by atoms with E-state index in [9.17, 15) is 9.59 Å². The van der Waals surface area contributed by atoms with E-state index in [0.29, 0.717) is 6.61 Å². The van der Waals surface area contributed by atoms with Crippen LogP contribution in [-0.2, 0) is 14.4 Å². The Labute approximate surface area is 117 Å². The number of hydroxylamine groups is 1. The van der Waals surface area contributed by atoms with Gasteiger partial charge in [-0.2, -0.15) is 0 Å². The van der Waals surface area contributed by atoms with E-state index >= 15 is 0 Å². The Morgan fingerprint density at radius 3 is 2.55 bits per heavy atom. The monoisotopic (exact) mass is 278 g/mol. The van der Waals surface area contributed by atoms with Gasteiger partial charge in [-0.15, -0.1) is 0 Å². The number of hydrogen-bond acceptors (Lipinski definition) is 4. The topological polar surface area (TPSA) is 76.7 Å². The summed E-state index contributed by atoms with van der Waals surface area (Å²) in [6, 6.07) is 7.31. The second kappa shape index (κ2) is 8.71. The molecule has 0 spiro atoms. The van der Waals surface area contributed by atoms with Crippen LogP contribution >= 0.6 is 0 Å². The summed E-state index contributed by atoms with van der Waals surface area (Å²) in [5.74, 6) is 0.0200. The van der Waals surface area contributed by atoms with Gasteiger partial charge >= 0.3 is 0 Å². The van der Waals surface area contributed by atoms with Gasteiger partial charge in [-0.25, -0.2) is 5.48 Å². The molecule has 2 N–H and O–H groups in total. The molecule has 0 aromatic heterocycles. The fourth-order valence-electron chi connectivity index (χ4n) is 1.29. The zero-order valence-corrected chi connectivity index (χ0v) is 11.5. The van der Waals surface area contributed by atoms with Crippen molar-refractivity contribution in [2.45, 2.75) is 6.92 Å². The molecule has 1 rings (SSSR count). The molecule has 1 aromatic rings. The average molecular weight is 278 g/mol. The second-order valence-electron chi connectivity index (χ2n) is 3.76. The summed E-state index contributed by atoms with van der Waals surface area (Å²) in [5, 5.41) is 2.37. The maximum Gasteiger partial charge on any atom is 0.267 e. The summed E-state index contributed by atoms with van der Waals surface area (Å²) in [4.78, 5) is 26.9. The van der Waals surface area contributed by atoms with Crippen LogP contribution in [-0.4, -0.2) is 32.1 Å². The molecule has 0 saturated carbocycles. The summed E-state index contributed by atoms with van der Waals surface area (Å²) < 4.78 is 5.31. The third kappa shape index (κ3) is 6.01. The van der Waals surface area contributed by atoms with Crippen LogP contribution in [0.25, 0.3) is 6.08 Å². The predicted molar refractivity (Wildman–Crippen MR) is 74.8 cm³/mol. The van der Waals surface area contributed by atoms with Gasteiger partial charge in [0.25, 0.3) is 5.91 Å². The van der Waals surface area contributed by atoms with Crippen molar-refractivity contribution in [2.75, 3.05) is 20.3 Å². The van der Waals surface area contributed by atoms with E-state index in [2.05, 4.69) is 10.8 Å². The van der Waals surface area contributed by atoms with Crippen molar-refractivity contribution in [1.82, 2.24) is 10.8 Å². The van der Waals surface area contributed by atoms with E-state index in [4.69, 9.17) is 9.57 Å². The minimum Gasteiger partial charge on any atom is -0.494 e. The first-order valence-corrected chi connectivity index (χ1v) is 6.19. The van der Waals surface area contributed by atoms with Gasteiger partial charge in [-0.1, -0.05) is 12.1 Å². The number of ether oxygens (including phenoxy) is 1. The summed E-state index contributed by atoms with van der Waals surface area (Å²) in [7, 11) is 1.49. The fourth-order valence-corrected chi connectivity index (χ4v) is 1.29. The molecule has 20 heavy (non-hydrogen) atoms. The van der Waals surface area contributed by atoms with Crippen LogP contribution in [0.4, 0.5) is 0 Å². The molecule has 0 bridgehead atoms. The van der Waals surface area contributed by atoms with Crippen molar-refractivity contribution in [3.8, 4) is 5.75 Å². The highest BCUT2D eigenvalue weighted by Crippen LogP contribution is 2.12. The third-order valence-electron chi connectivity index (χ3n) is 2.27. The molecule has 0 aliphatic rings.